The molecule has 0 aliphatic rings. The minimum absolute atomic E-state index is 0.0975. The molecule has 9 heteroatoms. The van der Waals surface area contributed by atoms with Crippen LogP contribution in [0.5, 0.6) is 0 Å². The molecule has 7 nitrogen and oxygen atoms in total. The van der Waals surface area contributed by atoms with Crippen LogP contribution >= 0.6 is 22.9 Å². The molecule has 0 fully saturated rings. The maximum Gasteiger partial charge on any atom is 0.226 e. The fourth-order valence-electron chi connectivity index (χ4n) is 2.39. The summed E-state index contributed by atoms with van der Waals surface area (Å²) in [6, 6.07) is 7.22. The van der Waals surface area contributed by atoms with Crippen molar-refractivity contribution in [1.29, 1.82) is 0 Å². The number of amides is 1. The Kier molecular flexibility index (Phi) is 6.52. The van der Waals surface area contributed by atoms with Gasteiger partial charge < -0.3 is 9.84 Å². The van der Waals surface area contributed by atoms with Crippen LogP contribution < -0.4 is 5.32 Å². The summed E-state index contributed by atoms with van der Waals surface area (Å²) < 4.78 is 5.24. The Morgan fingerprint density at radius 2 is 2.04 bits per heavy atom. The fourth-order valence-corrected chi connectivity index (χ4v) is 3.48. The van der Waals surface area contributed by atoms with E-state index in [0.717, 1.165) is 17.0 Å². The SMILES string of the molecule is CC(C)Cc1nnc(NC(=O)CCCc2nc(-c3ccc(Cl)cc3)no2)s1. The van der Waals surface area contributed by atoms with Crippen LogP contribution in [0.2, 0.25) is 5.02 Å². The highest BCUT2D eigenvalue weighted by Gasteiger charge is 2.12. The van der Waals surface area contributed by atoms with Gasteiger partial charge in [0.15, 0.2) is 0 Å². The van der Waals surface area contributed by atoms with Gasteiger partial charge >= 0.3 is 0 Å². The second-order valence-corrected chi connectivity index (χ2v) is 8.02. The Labute approximate surface area is 166 Å². The van der Waals surface area contributed by atoms with Crippen molar-refractivity contribution in [2.75, 3.05) is 5.32 Å². The predicted octanol–water partition coefficient (Wildman–Crippen LogP) is 4.40. The number of benzene rings is 1. The number of carbonyl (C=O) groups excluding carboxylic acids is 1. The molecule has 0 atom stereocenters. The second-order valence-electron chi connectivity index (χ2n) is 6.52. The molecule has 27 heavy (non-hydrogen) atoms. The van der Waals surface area contributed by atoms with E-state index in [2.05, 4.69) is 39.5 Å². The number of rotatable bonds is 8. The average Bonchev–Trinajstić information content (AvgIpc) is 3.25. The molecule has 142 valence electrons. The van der Waals surface area contributed by atoms with Crippen molar-refractivity contribution in [2.24, 2.45) is 5.92 Å². The van der Waals surface area contributed by atoms with Crippen LogP contribution in [0, 0.1) is 5.92 Å². The summed E-state index contributed by atoms with van der Waals surface area (Å²) in [6.45, 7) is 4.24. The molecule has 0 saturated carbocycles. The molecule has 2 aromatic heterocycles. The highest BCUT2D eigenvalue weighted by Crippen LogP contribution is 2.20. The molecule has 3 aromatic rings. The number of nitrogens with zero attached hydrogens (tertiary/aromatic N) is 4. The Morgan fingerprint density at radius 1 is 1.26 bits per heavy atom. The smallest absolute Gasteiger partial charge is 0.226 e. The van der Waals surface area contributed by atoms with E-state index >= 15 is 0 Å². The van der Waals surface area contributed by atoms with Crippen LogP contribution in [0.3, 0.4) is 0 Å². The monoisotopic (exact) mass is 405 g/mol. The molecule has 2 heterocycles. The molecule has 0 unspecified atom stereocenters. The Bertz CT molecular complexity index is 891. The van der Waals surface area contributed by atoms with Crippen LogP contribution in [-0.2, 0) is 17.6 Å². The summed E-state index contributed by atoms with van der Waals surface area (Å²) in [7, 11) is 0. The zero-order chi connectivity index (χ0) is 19.2. The molecule has 0 bridgehead atoms. The minimum Gasteiger partial charge on any atom is -0.339 e. The summed E-state index contributed by atoms with van der Waals surface area (Å²) in [5.74, 6) is 1.42. The zero-order valence-corrected chi connectivity index (χ0v) is 16.7. The molecule has 1 aromatic carbocycles. The molecule has 0 aliphatic carbocycles. The van der Waals surface area contributed by atoms with Gasteiger partial charge in [0.1, 0.15) is 5.01 Å². The van der Waals surface area contributed by atoms with Crippen LogP contribution in [0.1, 0.15) is 37.6 Å². The van der Waals surface area contributed by atoms with Gasteiger partial charge in [-0.3, -0.25) is 4.79 Å². The highest BCUT2D eigenvalue weighted by atomic mass is 35.5. The van der Waals surface area contributed by atoms with Crippen molar-refractivity contribution in [2.45, 2.75) is 39.5 Å². The van der Waals surface area contributed by atoms with Gasteiger partial charge in [0, 0.05) is 29.8 Å². The molecule has 0 saturated heterocycles. The van der Waals surface area contributed by atoms with Crippen LogP contribution in [0.15, 0.2) is 28.8 Å². The van der Waals surface area contributed by atoms with E-state index in [1.807, 2.05) is 12.1 Å². The molecular weight excluding hydrogens is 386 g/mol. The lowest BCUT2D eigenvalue weighted by atomic mass is 10.1. The van der Waals surface area contributed by atoms with E-state index < -0.39 is 0 Å². The van der Waals surface area contributed by atoms with Crippen LogP contribution in [-0.4, -0.2) is 26.2 Å². The summed E-state index contributed by atoms with van der Waals surface area (Å²) >= 11 is 7.29. The normalized spacial score (nSPS) is 11.1. The van der Waals surface area contributed by atoms with E-state index in [9.17, 15) is 4.79 Å². The van der Waals surface area contributed by atoms with Gasteiger partial charge in [0.2, 0.25) is 22.8 Å². The minimum atomic E-state index is -0.0975. The van der Waals surface area contributed by atoms with Crippen molar-refractivity contribution < 1.29 is 9.32 Å². The summed E-state index contributed by atoms with van der Waals surface area (Å²) in [5, 5.41) is 17.0. The standard InChI is InChI=1S/C18H20ClN5O2S/c1-11(2)10-16-22-23-18(27-16)20-14(25)4-3-5-15-21-17(24-26-15)12-6-8-13(19)9-7-12/h6-9,11H,3-5,10H2,1-2H3,(H,20,23,25). The van der Waals surface area contributed by atoms with Gasteiger partial charge in [0.25, 0.3) is 0 Å². The largest absolute Gasteiger partial charge is 0.339 e. The van der Waals surface area contributed by atoms with E-state index in [4.69, 9.17) is 16.1 Å². The van der Waals surface area contributed by atoms with Crippen molar-refractivity contribution in [3.63, 3.8) is 0 Å². The van der Waals surface area contributed by atoms with Crippen molar-refractivity contribution in [3.05, 3.63) is 40.2 Å². The second kappa shape index (κ2) is 9.05. The number of hydrogen-bond donors (Lipinski definition) is 1. The average molecular weight is 406 g/mol. The van der Waals surface area contributed by atoms with Crippen LogP contribution in [0.25, 0.3) is 11.4 Å². The van der Waals surface area contributed by atoms with Crippen molar-refractivity contribution >= 4 is 34.0 Å². The third-order valence-electron chi connectivity index (χ3n) is 3.66. The van der Waals surface area contributed by atoms with E-state index in [1.165, 1.54) is 11.3 Å². The maximum absolute atomic E-state index is 12.0. The molecule has 0 aliphatic heterocycles. The Morgan fingerprint density at radius 3 is 2.78 bits per heavy atom. The van der Waals surface area contributed by atoms with Gasteiger partial charge in [-0.1, -0.05) is 41.9 Å². The summed E-state index contributed by atoms with van der Waals surface area (Å²) in [6.07, 6.45) is 2.34. The number of aromatic nitrogens is 4. The molecule has 0 spiro atoms. The third-order valence-corrected chi connectivity index (χ3v) is 4.77. The number of carbonyl (C=O) groups is 1. The van der Waals surface area contributed by atoms with E-state index in [-0.39, 0.29) is 5.91 Å². The van der Waals surface area contributed by atoms with Crippen LogP contribution in [0.4, 0.5) is 5.13 Å². The van der Waals surface area contributed by atoms with Gasteiger partial charge in [-0.25, -0.2) is 0 Å². The highest BCUT2D eigenvalue weighted by molar-refractivity contribution is 7.15. The summed E-state index contributed by atoms with van der Waals surface area (Å²) in [5.41, 5.74) is 0.834. The number of nitrogens with one attached hydrogen (secondary N) is 1. The zero-order valence-electron chi connectivity index (χ0n) is 15.1. The first-order chi connectivity index (χ1) is 13.0. The first kappa shape index (κ1) is 19.4. The fraction of sp³-hybridized carbons (Fsp3) is 0.389. The quantitative estimate of drug-likeness (QED) is 0.596. The molecule has 0 radical (unpaired) electrons. The Balaban J connectivity index is 1.45. The number of halogens is 1. The third kappa shape index (κ3) is 5.83. The molecule has 1 amide bonds. The number of aryl methyl sites for hydroxylation is 1. The summed E-state index contributed by atoms with van der Waals surface area (Å²) in [4.78, 5) is 16.4. The van der Waals surface area contributed by atoms with E-state index in [1.54, 1.807) is 12.1 Å². The number of hydrogen-bond acceptors (Lipinski definition) is 7. The first-order valence-electron chi connectivity index (χ1n) is 8.70. The topological polar surface area (TPSA) is 93.8 Å². The van der Waals surface area contributed by atoms with Crippen molar-refractivity contribution in [1.82, 2.24) is 20.3 Å². The Hall–Kier alpha value is -2.32. The lowest BCUT2D eigenvalue weighted by molar-refractivity contribution is -0.116. The number of anilines is 1. The maximum atomic E-state index is 12.0. The van der Waals surface area contributed by atoms with Gasteiger partial charge in [-0.15, -0.1) is 10.2 Å². The molecular formula is C18H20ClN5O2S. The molecule has 3 rings (SSSR count). The first-order valence-corrected chi connectivity index (χ1v) is 9.90. The lowest BCUT2D eigenvalue weighted by Crippen LogP contribution is -2.11. The predicted molar refractivity (Wildman–Crippen MR) is 105 cm³/mol. The van der Waals surface area contributed by atoms with Crippen molar-refractivity contribution in [3.8, 4) is 11.4 Å². The van der Waals surface area contributed by atoms with Gasteiger partial charge in [-0.2, -0.15) is 4.98 Å². The lowest BCUT2D eigenvalue weighted by Gasteiger charge is -1.99. The van der Waals surface area contributed by atoms with Gasteiger partial charge in [0.05, 0.1) is 0 Å². The molecule has 1 N–H and O–H groups in total. The van der Waals surface area contributed by atoms with Gasteiger partial charge in [-0.05, 0) is 36.6 Å². The van der Waals surface area contributed by atoms with E-state index in [0.29, 0.717) is 47.0 Å².